The summed E-state index contributed by atoms with van der Waals surface area (Å²) in [6.07, 6.45) is 3.48. The van der Waals surface area contributed by atoms with Gasteiger partial charge in [0, 0.05) is 32.2 Å². The van der Waals surface area contributed by atoms with E-state index in [0.717, 1.165) is 19.6 Å². The van der Waals surface area contributed by atoms with Crippen molar-refractivity contribution in [3.63, 3.8) is 0 Å². The van der Waals surface area contributed by atoms with E-state index in [1.165, 1.54) is 24.3 Å². The fraction of sp³-hybridized carbons (Fsp3) is 0.571. The minimum Gasteiger partial charge on any atom is -0.314 e. The molecule has 3 heteroatoms. The van der Waals surface area contributed by atoms with E-state index in [1.807, 2.05) is 11.8 Å². The average Bonchev–Trinajstić information content (AvgIpc) is 2.39. The van der Waals surface area contributed by atoms with Gasteiger partial charge in [-0.1, -0.05) is 30.3 Å². The van der Waals surface area contributed by atoms with Crippen molar-refractivity contribution in [2.24, 2.45) is 0 Å². The van der Waals surface area contributed by atoms with E-state index in [9.17, 15) is 0 Å². The van der Waals surface area contributed by atoms with Gasteiger partial charge in [-0.2, -0.15) is 11.8 Å². The third-order valence-corrected chi connectivity index (χ3v) is 4.00. The standard InChI is InChI=1S/C14H22N2S/c1-17-10-7-14-11-15-8-9-16(14)12-13-5-3-2-4-6-13/h2-6,14-15H,7-12H2,1H3/t14-/m0/s1. The predicted molar refractivity (Wildman–Crippen MR) is 76.5 cm³/mol. The van der Waals surface area contributed by atoms with Crippen molar-refractivity contribution in [2.75, 3.05) is 31.6 Å². The maximum atomic E-state index is 3.51. The average molecular weight is 250 g/mol. The molecule has 1 saturated heterocycles. The summed E-state index contributed by atoms with van der Waals surface area (Å²) in [4.78, 5) is 2.63. The lowest BCUT2D eigenvalue weighted by Crippen LogP contribution is -2.50. The number of thioether (sulfide) groups is 1. The van der Waals surface area contributed by atoms with Crippen LogP contribution in [0.3, 0.4) is 0 Å². The highest BCUT2D eigenvalue weighted by Gasteiger charge is 2.21. The molecule has 94 valence electrons. The first kappa shape index (κ1) is 12.9. The maximum absolute atomic E-state index is 3.51. The van der Waals surface area contributed by atoms with Crippen LogP contribution >= 0.6 is 11.8 Å². The number of rotatable bonds is 5. The first-order chi connectivity index (χ1) is 8.40. The van der Waals surface area contributed by atoms with Crippen LogP contribution < -0.4 is 5.32 Å². The van der Waals surface area contributed by atoms with Crippen LogP contribution in [-0.4, -0.2) is 42.6 Å². The number of nitrogens with zero attached hydrogens (tertiary/aromatic N) is 1. The fourth-order valence-electron chi connectivity index (χ4n) is 2.37. The molecule has 1 heterocycles. The number of hydrogen-bond donors (Lipinski definition) is 1. The Morgan fingerprint density at radius 2 is 2.18 bits per heavy atom. The normalized spacial score (nSPS) is 21.6. The molecular weight excluding hydrogens is 228 g/mol. The smallest absolute Gasteiger partial charge is 0.0237 e. The maximum Gasteiger partial charge on any atom is 0.0237 e. The van der Waals surface area contributed by atoms with E-state index in [4.69, 9.17) is 0 Å². The lowest BCUT2D eigenvalue weighted by Gasteiger charge is -2.36. The van der Waals surface area contributed by atoms with Crippen LogP contribution in [0.4, 0.5) is 0 Å². The van der Waals surface area contributed by atoms with Crippen molar-refractivity contribution in [1.29, 1.82) is 0 Å². The first-order valence-electron chi connectivity index (χ1n) is 6.38. The molecule has 1 aliphatic heterocycles. The number of piperazine rings is 1. The molecule has 0 aliphatic carbocycles. The summed E-state index contributed by atoms with van der Waals surface area (Å²) in [6, 6.07) is 11.5. The molecule has 2 rings (SSSR count). The molecule has 0 radical (unpaired) electrons. The van der Waals surface area contributed by atoms with E-state index in [2.05, 4.69) is 46.8 Å². The van der Waals surface area contributed by atoms with Crippen molar-refractivity contribution in [2.45, 2.75) is 19.0 Å². The molecular formula is C14H22N2S. The molecule has 17 heavy (non-hydrogen) atoms. The van der Waals surface area contributed by atoms with E-state index in [1.54, 1.807) is 0 Å². The van der Waals surface area contributed by atoms with Gasteiger partial charge in [-0.05, 0) is 24.0 Å². The van der Waals surface area contributed by atoms with Crippen molar-refractivity contribution in [3.8, 4) is 0 Å². The van der Waals surface area contributed by atoms with Gasteiger partial charge in [0.2, 0.25) is 0 Å². The van der Waals surface area contributed by atoms with Gasteiger partial charge in [0.25, 0.3) is 0 Å². The Morgan fingerprint density at radius 3 is 2.94 bits per heavy atom. The van der Waals surface area contributed by atoms with Gasteiger partial charge in [-0.25, -0.2) is 0 Å². The van der Waals surface area contributed by atoms with E-state index < -0.39 is 0 Å². The number of benzene rings is 1. The van der Waals surface area contributed by atoms with Crippen LogP contribution in [0.5, 0.6) is 0 Å². The molecule has 2 nitrogen and oxygen atoms in total. The minimum absolute atomic E-state index is 0.705. The van der Waals surface area contributed by atoms with Gasteiger partial charge in [0.05, 0.1) is 0 Å². The third kappa shape index (κ3) is 4.02. The quantitative estimate of drug-likeness (QED) is 0.862. The Hall–Kier alpha value is -0.510. The van der Waals surface area contributed by atoms with Crippen molar-refractivity contribution < 1.29 is 0 Å². The second-order valence-corrected chi connectivity index (χ2v) is 5.58. The topological polar surface area (TPSA) is 15.3 Å². The van der Waals surface area contributed by atoms with Crippen LogP contribution in [0.25, 0.3) is 0 Å². The molecule has 1 N–H and O–H groups in total. The number of nitrogens with one attached hydrogen (secondary N) is 1. The third-order valence-electron chi connectivity index (χ3n) is 3.36. The van der Waals surface area contributed by atoms with Crippen LogP contribution in [0.2, 0.25) is 0 Å². The first-order valence-corrected chi connectivity index (χ1v) is 7.77. The molecule has 1 aromatic carbocycles. The molecule has 0 spiro atoms. The second kappa shape index (κ2) is 7.04. The van der Waals surface area contributed by atoms with Gasteiger partial charge in [0.1, 0.15) is 0 Å². The molecule has 0 bridgehead atoms. The molecule has 0 amide bonds. The molecule has 1 fully saturated rings. The van der Waals surface area contributed by atoms with Gasteiger partial charge >= 0.3 is 0 Å². The van der Waals surface area contributed by atoms with Crippen LogP contribution in [0, 0.1) is 0 Å². The van der Waals surface area contributed by atoms with Crippen LogP contribution in [0.15, 0.2) is 30.3 Å². The largest absolute Gasteiger partial charge is 0.314 e. The zero-order valence-electron chi connectivity index (χ0n) is 10.6. The van der Waals surface area contributed by atoms with Gasteiger partial charge in [-0.3, -0.25) is 4.90 Å². The van der Waals surface area contributed by atoms with Crippen molar-refractivity contribution >= 4 is 11.8 Å². The Bertz CT molecular complexity index is 315. The molecule has 1 aliphatic rings. The Morgan fingerprint density at radius 1 is 1.35 bits per heavy atom. The highest BCUT2D eigenvalue weighted by atomic mass is 32.2. The zero-order chi connectivity index (χ0) is 11.9. The fourth-order valence-corrected chi connectivity index (χ4v) is 2.88. The molecule has 0 unspecified atom stereocenters. The number of hydrogen-bond acceptors (Lipinski definition) is 3. The zero-order valence-corrected chi connectivity index (χ0v) is 11.4. The summed E-state index contributed by atoms with van der Waals surface area (Å²) >= 11 is 1.95. The summed E-state index contributed by atoms with van der Waals surface area (Å²) in [7, 11) is 0. The predicted octanol–water partition coefficient (Wildman–Crippen LogP) is 2.21. The van der Waals surface area contributed by atoms with Gasteiger partial charge < -0.3 is 5.32 Å². The Labute approximate surface area is 109 Å². The van der Waals surface area contributed by atoms with Crippen LogP contribution in [-0.2, 0) is 6.54 Å². The molecule has 1 aromatic rings. The SMILES string of the molecule is CSCC[C@H]1CNCCN1Cc1ccccc1. The lowest BCUT2D eigenvalue weighted by molar-refractivity contribution is 0.150. The van der Waals surface area contributed by atoms with Crippen molar-refractivity contribution in [1.82, 2.24) is 10.2 Å². The molecule has 1 atom stereocenters. The summed E-state index contributed by atoms with van der Waals surface area (Å²) in [5, 5.41) is 3.51. The Kier molecular flexibility index (Phi) is 5.36. The molecule has 0 aromatic heterocycles. The molecule has 0 saturated carbocycles. The summed E-state index contributed by atoms with van der Waals surface area (Å²) in [5.74, 6) is 1.26. The lowest BCUT2D eigenvalue weighted by atomic mass is 10.1. The highest BCUT2D eigenvalue weighted by Crippen LogP contribution is 2.14. The van der Waals surface area contributed by atoms with E-state index in [-0.39, 0.29) is 0 Å². The van der Waals surface area contributed by atoms with Crippen LogP contribution in [0.1, 0.15) is 12.0 Å². The van der Waals surface area contributed by atoms with Gasteiger partial charge in [-0.15, -0.1) is 0 Å². The van der Waals surface area contributed by atoms with Crippen molar-refractivity contribution in [3.05, 3.63) is 35.9 Å². The van der Waals surface area contributed by atoms with E-state index in [0.29, 0.717) is 6.04 Å². The minimum atomic E-state index is 0.705. The summed E-state index contributed by atoms with van der Waals surface area (Å²) < 4.78 is 0. The second-order valence-electron chi connectivity index (χ2n) is 4.60. The van der Waals surface area contributed by atoms with E-state index >= 15 is 0 Å². The summed E-state index contributed by atoms with van der Waals surface area (Å²) in [6.45, 7) is 4.55. The Balaban J connectivity index is 1.92. The monoisotopic (exact) mass is 250 g/mol. The van der Waals surface area contributed by atoms with Gasteiger partial charge in [0.15, 0.2) is 0 Å². The highest BCUT2D eigenvalue weighted by molar-refractivity contribution is 7.98. The summed E-state index contributed by atoms with van der Waals surface area (Å²) in [5.41, 5.74) is 1.43.